The third kappa shape index (κ3) is 3.34. The van der Waals surface area contributed by atoms with Gasteiger partial charge in [0.2, 0.25) is 0 Å². The number of hydrogen-bond acceptors (Lipinski definition) is 2. The van der Waals surface area contributed by atoms with Crippen LogP contribution in [0, 0.1) is 0 Å². The smallest absolute Gasteiger partial charge is 0.126 e. The molecule has 1 aromatic carbocycles. The van der Waals surface area contributed by atoms with Crippen LogP contribution in [-0.2, 0) is 11.2 Å². The van der Waals surface area contributed by atoms with Gasteiger partial charge in [0.1, 0.15) is 12.4 Å². The summed E-state index contributed by atoms with van der Waals surface area (Å²) in [7, 11) is 0. The van der Waals surface area contributed by atoms with Crippen LogP contribution >= 0.6 is 0 Å². The average Bonchev–Trinajstić information content (AvgIpc) is 2.34. The highest BCUT2D eigenvalue weighted by molar-refractivity contribution is 5.63. The lowest BCUT2D eigenvalue weighted by atomic mass is 9.97. The van der Waals surface area contributed by atoms with Crippen molar-refractivity contribution in [3.8, 4) is 5.75 Å². The van der Waals surface area contributed by atoms with Crippen LogP contribution in [0.15, 0.2) is 24.3 Å². The molecule has 0 atom stereocenters. The summed E-state index contributed by atoms with van der Waals surface area (Å²) < 4.78 is 11.2. The van der Waals surface area contributed by atoms with Crippen molar-refractivity contribution >= 4 is 6.08 Å². The van der Waals surface area contributed by atoms with Crippen molar-refractivity contribution in [1.82, 2.24) is 0 Å². The van der Waals surface area contributed by atoms with Crippen molar-refractivity contribution < 1.29 is 9.47 Å². The Labute approximate surface area is 103 Å². The normalized spacial score (nSPS) is 13.8. The summed E-state index contributed by atoms with van der Waals surface area (Å²) in [6, 6.07) is 6.27. The van der Waals surface area contributed by atoms with E-state index >= 15 is 0 Å². The maximum absolute atomic E-state index is 5.78. The maximum atomic E-state index is 5.78. The number of allylic oxidation sites excluding steroid dienone is 1. The highest BCUT2D eigenvalue weighted by atomic mass is 16.5. The Hall–Kier alpha value is -1.28. The van der Waals surface area contributed by atoms with Gasteiger partial charge in [-0.15, -0.1) is 0 Å². The summed E-state index contributed by atoms with van der Waals surface area (Å²) in [6.45, 7) is 5.33. The number of hydrogen-bond donors (Lipinski definition) is 0. The van der Waals surface area contributed by atoms with Gasteiger partial charge >= 0.3 is 0 Å². The molecule has 1 aromatic rings. The van der Waals surface area contributed by atoms with Crippen LogP contribution in [0.25, 0.3) is 6.08 Å². The molecule has 0 fully saturated rings. The molecule has 2 nitrogen and oxygen atoms in total. The topological polar surface area (TPSA) is 18.5 Å². The van der Waals surface area contributed by atoms with Crippen molar-refractivity contribution in [2.45, 2.75) is 32.8 Å². The standard InChI is InChI=1S/C15H20O2/c1-12(2)16-10-11-17-15-9-5-7-13-6-3-4-8-14(13)15/h4-5,7-9,12H,3,6,10-11H2,1-2H3. The number of ether oxygens (including phenoxy) is 2. The van der Waals surface area contributed by atoms with E-state index in [1.54, 1.807) is 0 Å². The summed E-state index contributed by atoms with van der Waals surface area (Å²) in [4.78, 5) is 0. The van der Waals surface area contributed by atoms with Crippen molar-refractivity contribution in [3.05, 3.63) is 35.4 Å². The zero-order chi connectivity index (χ0) is 12.1. The van der Waals surface area contributed by atoms with E-state index in [0.29, 0.717) is 13.2 Å². The van der Waals surface area contributed by atoms with Gasteiger partial charge in [-0.05, 0) is 38.3 Å². The zero-order valence-electron chi connectivity index (χ0n) is 10.6. The summed E-state index contributed by atoms with van der Waals surface area (Å²) in [6.07, 6.45) is 6.89. The van der Waals surface area contributed by atoms with Gasteiger partial charge in [0.05, 0.1) is 12.7 Å². The van der Waals surface area contributed by atoms with Gasteiger partial charge in [0, 0.05) is 5.56 Å². The lowest BCUT2D eigenvalue weighted by Gasteiger charge is -2.16. The lowest BCUT2D eigenvalue weighted by molar-refractivity contribution is 0.0552. The molecule has 1 aliphatic rings. The molecule has 0 N–H and O–H groups in total. The predicted octanol–water partition coefficient (Wildman–Crippen LogP) is 3.45. The summed E-state index contributed by atoms with van der Waals surface area (Å²) in [5.41, 5.74) is 2.62. The van der Waals surface area contributed by atoms with E-state index in [1.165, 1.54) is 11.1 Å². The van der Waals surface area contributed by atoms with Crippen molar-refractivity contribution in [2.75, 3.05) is 13.2 Å². The molecule has 0 unspecified atom stereocenters. The Morgan fingerprint density at radius 3 is 2.94 bits per heavy atom. The molecule has 0 amide bonds. The Balaban J connectivity index is 1.95. The molecular formula is C15H20O2. The van der Waals surface area contributed by atoms with E-state index < -0.39 is 0 Å². The van der Waals surface area contributed by atoms with Crippen LogP contribution in [0.2, 0.25) is 0 Å². The van der Waals surface area contributed by atoms with Gasteiger partial charge in [-0.25, -0.2) is 0 Å². The molecule has 0 bridgehead atoms. The molecule has 0 spiro atoms. The van der Waals surface area contributed by atoms with Gasteiger partial charge in [-0.2, -0.15) is 0 Å². The largest absolute Gasteiger partial charge is 0.491 e. The van der Waals surface area contributed by atoms with Crippen molar-refractivity contribution in [2.24, 2.45) is 0 Å². The van der Waals surface area contributed by atoms with E-state index in [1.807, 2.05) is 19.9 Å². The van der Waals surface area contributed by atoms with Gasteiger partial charge in [0.15, 0.2) is 0 Å². The number of fused-ring (bicyclic) bond motifs is 1. The van der Waals surface area contributed by atoms with E-state index in [2.05, 4.69) is 24.3 Å². The van der Waals surface area contributed by atoms with E-state index in [0.717, 1.165) is 18.6 Å². The third-order valence-corrected chi connectivity index (χ3v) is 2.81. The average molecular weight is 232 g/mol. The van der Waals surface area contributed by atoms with E-state index in [-0.39, 0.29) is 6.10 Å². The lowest BCUT2D eigenvalue weighted by Crippen LogP contribution is -2.12. The molecule has 0 saturated heterocycles. The first kappa shape index (κ1) is 12.2. The highest BCUT2D eigenvalue weighted by Crippen LogP contribution is 2.28. The molecule has 2 heteroatoms. The molecule has 1 aliphatic carbocycles. The second-order valence-corrected chi connectivity index (χ2v) is 4.54. The number of aryl methyl sites for hydroxylation is 1. The molecule has 2 rings (SSSR count). The molecule has 17 heavy (non-hydrogen) atoms. The van der Waals surface area contributed by atoms with E-state index in [9.17, 15) is 0 Å². The monoisotopic (exact) mass is 232 g/mol. The first-order chi connectivity index (χ1) is 8.27. The van der Waals surface area contributed by atoms with Gasteiger partial charge in [-0.3, -0.25) is 0 Å². The molecule has 0 heterocycles. The predicted molar refractivity (Wildman–Crippen MR) is 70.4 cm³/mol. The highest BCUT2D eigenvalue weighted by Gasteiger charge is 2.09. The molecule has 0 saturated carbocycles. The molecule has 0 aliphatic heterocycles. The second kappa shape index (κ2) is 5.87. The third-order valence-electron chi connectivity index (χ3n) is 2.81. The van der Waals surface area contributed by atoms with Crippen LogP contribution in [0.4, 0.5) is 0 Å². The quantitative estimate of drug-likeness (QED) is 0.724. The van der Waals surface area contributed by atoms with E-state index in [4.69, 9.17) is 9.47 Å². The van der Waals surface area contributed by atoms with Crippen LogP contribution in [-0.4, -0.2) is 19.3 Å². The Morgan fingerprint density at radius 1 is 1.24 bits per heavy atom. The van der Waals surface area contributed by atoms with Crippen LogP contribution in [0.3, 0.4) is 0 Å². The fourth-order valence-electron chi connectivity index (χ4n) is 2.00. The first-order valence-electron chi connectivity index (χ1n) is 6.30. The molecular weight excluding hydrogens is 212 g/mol. The molecule has 0 aromatic heterocycles. The molecule has 92 valence electrons. The zero-order valence-corrected chi connectivity index (χ0v) is 10.6. The van der Waals surface area contributed by atoms with Gasteiger partial charge < -0.3 is 9.47 Å². The summed E-state index contributed by atoms with van der Waals surface area (Å²) in [5.74, 6) is 0.978. The Morgan fingerprint density at radius 2 is 2.12 bits per heavy atom. The first-order valence-corrected chi connectivity index (χ1v) is 6.30. The summed E-state index contributed by atoms with van der Waals surface area (Å²) >= 11 is 0. The van der Waals surface area contributed by atoms with Crippen molar-refractivity contribution in [1.29, 1.82) is 0 Å². The fraction of sp³-hybridized carbons (Fsp3) is 0.467. The Bertz CT molecular complexity index is 394. The minimum atomic E-state index is 0.267. The van der Waals surface area contributed by atoms with Gasteiger partial charge in [-0.1, -0.05) is 24.3 Å². The van der Waals surface area contributed by atoms with Crippen molar-refractivity contribution in [3.63, 3.8) is 0 Å². The fourth-order valence-corrected chi connectivity index (χ4v) is 2.00. The minimum Gasteiger partial charge on any atom is -0.491 e. The van der Waals surface area contributed by atoms with Crippen LogP contribution in [0.5, 0.6) is 5.75 Å². The Kier molecular flexibility index (Phi) is 4.21. The second-order valence-electron chi connectivity index (χ2n) is 4.54. The number of benzene rings is 1. The SMILES string of the molecule is CC(C)OCCOc1cccc2c1C=CCC2. The van der Waals surface area contributed by atoms with Crippen LogP contribution in [0.1, 0.15) is 31.4 Å². The summed E-state index contributed by atoms with van der Waals surface area (Å²) in [5, 5.41) is 0. The van der Waals surface area contributed by atoms with Gasteiger partial charge in [0.25, 0.3) is 0 Å². The maximum Gasteiger partial charge on any atom is 0.126 e. The van der Waals surface area contributed by atoms with Crippen LogP contribution < -0.4 is 4.74 Å². The number of rotatable bonds is 5. The minimum absolute atomic E-state index is 0.267. The molecule has 0 radical (unpaired) electrons.